The van der Waals surface area contributed by atoms with Gasteiger partial charge in [0.2, 0.25) is 5.91 Å². The molecular weight excluding hydrogens is 268 g/mol. The molecule has 1 fully saturated rings. The van der Waals surface area contributed by atoms with Crippen molar-refractivity contribution in [3.8, 4) is 5.75 Å². The van der Waals surface area contributed by atoms with Crippen LogP contribution in [0, 0.1) is 12.8 Å². The van der Waals surface area contributed by atoms with Gasteiger partial charge in [0.05, 0.1) is 18.3 Å². The molecule has 0 aliphatic carbocycles. The molecule has 0 bridgehead atoms. The van der Waals surface area contributed by atoms with E-state index in [1.165, 1.54) is 0 Å². The predicted octanol–water partition coefficient (Wildman–Crippen LogP) is 1.96. The third-order valence-corrected chi connectivity index (χ3v) is 3.76. The molecule has 0 saturated carbocycles. The molecule has 116 valence electrons. The molecule has 2 rings (SSSR count). The summed E-state index contributed by atoms with van der Waals surface area (Å²) in [4.78, 5) is 12.3. The fraction of sp³-hybridized carbons (Fsp3) is 0.562. The average Bonchev–Trinajstić information content (AvgIpc) is 2.88. The van der Waals surface area contributed by atoms with E-state index in [1.807, 2.05) is 25.1 Å². The molecule has 1 saturated heterocycles. The predicted molar refractivity (Wildman–Crippen MR) is 82.8 cm³/mol. The lowest BCUT2D eigenvalue weighted by atomic mass is 10.0. The van der Waals surface area contributed by atoms with Gasteiger partial charge in [-0.15, -0.1) is 0 Å². The zero-order chi connectivity index (χ0) is 15.2. The van der Waals surface area contributed by atoms with E-state index < -0.39 is 0 Å². The smallest absolute Gasteiger partial charge is 0.241 e. The average molecular weight is 292 g/mol. The van der Waals surface area contributed by atoms with Crippen molar-refractivity contribution in [3.63, 3.8) is 0 Å². The number of hydrogen-bond acceptors (Lipinski definition) is 4. The third-order valence-electron chi connectivity index (χ3n) is 3.76. The second kappa shape index (κ2) is 7.43. The van der Waals surface area contributed by atoms with Crippen LogP contribution in [0.15, 0.2) is 18.2 Å². The van der Waals surface area contributed by atoms with Crippen molar-refractivity contribution in [2.45, 2.75) is 26.3 Å². The van der Waals surface area contributed by atoms with Crippen LogP contribution in [0.2, 0.25) is 0 Å². The molecule has 1 amide bonds. The molecule has 1 heterocycles. The number of aryl methyl sites for hydroxylation is 1. The molecule has 21 heavy (non-hydrogen) atoms. The second-order valence-electron chi connectivity index (χ2n) is 5.53. The maximum atomic E-state index is 12.3. The van der Waals surface area contributed by atoms with Crippen molar-refractivity contribution in [1.29, 1.82) is 0 Å². The number of carbonyl (C=O) groups is 1. The van der Waals surface area contributed by atoms with Crippen LogP contribution < -0.4 is 15.4 Å². The van der Waals surface area contributed by atoms with Crippen LogP contribution in [0.4, 0.5) is 5.69 Å². The first-order valence-corrected chi connectivity index (χ1v) is 7.38. The molecule has 0 aromatic heterocycles. The molecule has 0 spiro atoms. The highest BCUT2D eigenvalue weighted by Gasteiger charge is 2.29. The Morgan fingerprint density at radius 1 is 1.43 bits per heavy atom. The Bertz CT molecular complexity index is 490. The highest BCUT2D eigenvalue weighted by molar-refractivity contribution is 5.96. The second-order valence-corrected chi connectivity index (χ2v) is 5.53. The lowest BCUT2D eigenvalue weighted by Crippen LogP contribution is -2.39. The van der Waals surface area contributed by atoms with E-state index in [2.05, 4.69) is 17.6 Å². The van der Waals surface area contributed by atoms with Crippen LogP contribution in [0.25, 0.3) is 0 Å². The zero-order valence-corrected chi connectivity index (χ0v) is 12.9. The van der Waals surface area contributed by atoms with Gasteiger partial charge in [0.15, 0.2) is 0 Å². The Labute approximate surface area is 126 Å². The number of nitrogens with one attached hydrogen (secondary N) is 2. The fourth-order valence-corrected chi connectivity index (χ4v) is 2.48. The van der Waals surface area contributed by atoms with Gasteiger partial charge in [0.1, 0.15) is 12.4 Å². The number of benzene rings is 1. The van der Waals surface area contributed by atoms with Crippen molar-refractivity contribution in [2.24, 2.45) is 5.92 Å². The van der Waals surface area contributed by atoms with Crippen LogP contribution in [0.1, 0.15) is 18.9 Å². The minimum Gasteiger partial charge on any atom is -0.489 e. The molecule has 1 aliphatic heterocycles. The minimum absolute atomic E-state index is 0.000412. The monoisotopic (exact) mass is 292 g/mol. The maximum absolute atomic E-state index is 12.3. The van der Waals surface area contributed by atoms with Gasteiger partial charge < -0.3 is 20.1 Å². The van der Waals surface area contributed by atoms with E-state index in [-0.39, 0.29) is 11.9 Å². The summed E-state index contributed by atoms with van der Waals surface area (Å²) in [5.74, 6) is 1.04. The lowest BCUT2D eigenvalue weighted by molar-refractivity contribution is -0.118. The maximum Gasteiger partial charge on any atom is 0.241 e. The van der Waals surface area contributed by atoms with E-state index >= 15 is 0 Å². The first-order valence-electron chi connectivity index (χ1n) is 7.38. The standard InChI is InChI=1S/C16H24N2O3/c1-11-4-5-13(14(10-11)21-9-8-20-3)18-16(19)15-12(2)6-7-17-15/h4-5,10,12,15,17H,6-9H2,1-3H3,(H,18,19). The summed E-state index contributed by atoms with van der Waals surface area (Å²) in [7, 11) is 1.63. The largest absolute Gasteiger partial charge is 0.489 e. The molecule has 1 aliphatic rings. The molecule has 0 radical (unpaired) electrons. The van der Waals surface area contributed by atoms with Crippen LogP contribution in [-0.4, -0.2) is 38.8 Å². The van der Waals surface area contributed by atoms with E-state index in [4.69, 9.17) is 9.47 Å². The number of carbonyl (C=O) groups excluding carboxylic acids is 1. The van der Waals surface area contributed by atoms with Gasteiger partial charge in [-0.05, 0) is 43.5 Å². The van der Waals surface area contributed by atoms with Gasteiger partial charge in [0.25, 0.3) is 0 Å². The molecule has 2 atom stereocenters. The molecule has 5 heteroatoms. The van der Waals surface area contributed by atoms with Crippen LogP contribution in [-0.2, 0) is 9.53 Å². The van der Waals surface area contributed by atoms with Crippen molar-refractivity contribution in [3.05, 3.63) is 23.8 Å². The van der Waals surface area contributed by atoms with Gasteiger partial charge in [-0.2, -0.15) is 0 Å². The highest BCUT2D eigenvalue weighted by atomic mass is 16.5. The molecule has 5 nitrogen and oxygen atoms in total. The molecule has 2 N–H and O–H groups in total. The van der Waals surface area contributed by atoms with E-state index in [0.717, 1.165) is 18.5 Å². The summed E-state index contributed by atoms with van der Waals surface area (Å²) in [5.41, 5.74) is 1.80. The summed E-state index contributed by atoms with van der Waals surface area (Å²) < 4.78 is 10.7. The fourth-order valence-electron chi connectivity index (χ4n) is 2.48. The quantitative estimate of drug-likeness (QED) is 0.787. The van der Waals surface area contributed by atoms with Crippen LogP contribution >= 0.6 is 0 Å². The van der Waals surface area contributed by atoms with E-state index in [1.54, 1.807) is 7.11 Å². The molecule has 2 unspecified atom stereocenters. The summed E-state index contributed by atoms with van der Waals surface area (Å²) in [6.07, 6.45) is 1.03. The number of ether oxygens (including phenoxy) is 2. The van der Waals surface area contributed by atoms with Gasteiger partial charge in [-0.1, -0.05) is 13.0 Å². The normalized spacial score (nSPS) is 21.3. The number of hydrogen-bond donors (Lipinski definition) is 2. The number of anilines is 1. The van der Waals surface area contributed by atoms with Gasteiger partial charge in [-0.3, -0.25) is 4.79 Å². The first kappa shape index (κ1) is 15.8. The summed E-state index contributed by atoms with van der Waals surface area (Å²) in [6.45, 7) is 5.96. The Kier molecular flexibility index (Phi) is 5.59. The summed E-state index contributed by atoms with van der Waals surface area (Å²) >= 11 is 0. The SMILES string of the molecule is COCCOc1cc(C)ccc1NC(=O)C1NCCC1C. The van der Waals surface area contributed by atoms with Crippen molar-refractivity contribution < 1.29 is 14.3 Å². The minimum atomic E-state index is -0.127. The highest BCUT2D eigenvalue weighted by Crippen LogP contribution is 2.27. The zero-order valence-electron chi connectivity index (χ0n) is 12.9. The van der Waals surface area contributed by atoms with E-state index in [0.29, 0.717) is 30.6 Å². The number of amides is 1. The number of rotatable bonds is 6. The lowest BCUT2D eigenvalue weighted by Gasteiger charge is -2.18. The van der Waals surface area contributed by atoms with Crippen molar-refractivity contribution in [1.82, 2.24) is 5.32 Å². The van der Waals surface area contributed by atoms with Crippen molar-refractivity contribution in [2.75, 3.05) is 32.2 Å². The third kappa shape index (κ3) is 4.19. The van der Waals surface area contributed by atoms with E-state index in [9.17, 15) is 4.79 Å². The Hall–Kier alpha value is -1.59. The Balaban J connectivity index is 2.05. The van der Waals surface area contributed by atoms with Gasteiger partial charge in [-0.25, -0.2) is 0 Å². The van der Waals surface area contributed by atoms with Crippen LogP contribution in [0.3, 0.4) is 0 Å². The van der Waals surface area contributed by atoms with Crippen molar-refractivity contribution >= 4 is 11.6 Å². The van der Waals surface area contributed by atoms with Gasteiger partial charge >= 0.3 is 0 Å². The van der Waals surface area contributed by atoms with Gasteiger partial charge in [0, 0.05) is 7.11 Å². The number of methoxy groups -OCH3 is 1. The Morgan fingerprint density at radius 3 is 2.90 bits per heavy atom. The molecule has 1 aromatic carbocycles. The Morgan fingerprint density at radius 2 is 2.24 bits per heavy atom. The summed E-state index contributed by atoms with van der Waals surface area (Å²) in [6, 6.07) is 5.65. The molecule has 1 aromatic rings. The summed E-state index contributed by atoms with van der Waals surface area (Å²) in [5, 5.41) is 6.21. The topological polar surface area (TPSA) is 59.6 Å². The molecular formula is C16H24N2O3. The first-order chi connectivity index (χ1) is 10.1. The van der Waals surface area contributed by atoms with Crippen LogP contribution in [0.5, 0.6) is 5.75 Å².